The number of hydrogen-bond acceptors (Lipinski definition) is 3. The van der Waals surface area contributed by atoms with E-state index in [1.165, 1.54) is 0 Å². The van der Waals surface area contributed by atoms with Crippen LogP contribution in [0.5, 0.6) is 5.75 Å². The SMILES string of the molecule is COc1cccc(N2C(=N)C=CC2=N)c1. The van der Waals surface area contributed by atoms with Crippen molar-refractivity contribution in [2.75, 3.05) is 12.0 Å². The second-order valence-electron chi connectivity index (χ2n) is 3.14. The molecule has 1 aliphatic heterocycles. The lowest BCUT2D eigenvalue weighted by Crippen LogP contribution is -2.28. The maximum absolute atomic E-state index is 7.66. The molecule has 0 bridgehead atoms. The first-order valence-corrected chi connectivity index (χ1v) is 4.52. The zero-order valence-corrected chi connectivity index (χ0v) is 8.32. The predicted molar refractivity (Wildman–Crippen MR) is 60.1 cm³/mol. The molecule has 0 amide bonds. The Morgan fingerprint density at radius 3 is 2.40 bits per heavy atom. The molecule has 0 radical (unpaired) electrons. The monoisotopic (exact) mass is 201 g/mol. The topological polar surface area (TPSA) is 60.2 Å². The fourth-order valence-electron chi connectivity index (χ4n) is 1.46. The molecule has 1 aromatic rings. The van der Waals surface area contributed by atoms with Crippen LogP contribution in [-0.4, -0.2) is 18.8 Å². The molecule has 2 rings (SSSR count). The van der Waals surface area contributed by atoms with Crippen molar-refractivity contribution in [1.29, 1.82) is 10.8 Å². The van der Waals surface area contributed by atoms with Crippen LogP contribution in [0.15, 0.2) is 36.4 Å². The lowest BCUT2D eigenvalue weighted by molar-refractivity contribution is 0.415. The molecule has 0 saturated carbocycles. The second-order valence-corrected chi connectivity index (χ2v) is 3.14. The summed E-state index contributed by atoms with van der Waals surface area (Å²) in [5.41, 5.74) is 0.773. The van der Waals surface area contributed by atoms with E-state index < -0.39 is 0 Å². The van der Waals surface area contributed by atoms with Gasteiger partial charge in [-0.15, -0.1) is 0 Å². The maximum Gasteiger partial charge on any atom is 0.131 e. The Kier molecular flexibility index (Phi) is 2.25. The van der Waals surface area contributed by atoms with Gasteiger partial charge in [0, 0.05) is 6.07 Å². The van der Waals surface area contributed by atoms with Gasteiger partial charge in [0.15, 0.2) is 0 Å². The molecule has 1 heterocycles. The molecule has 4 nitrogen and oxygen atoms in total. The summed E-state index contributed by atoms with van der Waals surface area (Å²) < 4.78 is 5.10. The zero-order chi connectivity index (χ0) is 10.8. The van der Waals surface area contributed by atoms with Crippen molar-refractivity contribution in [1.82, 2.24) is 0 Å². The van der Waals surface area contributed by atoms with Crippen LogP contribution in [0.3, 0.4) is 0 Å². The summed E-state index contributed by atoms with van der Waals surface area (Å²) in [4.78, 5) is 1.54. The third-order valence-corrected chi connectivity index (χ3v) is 2.19. The molecule has 0 aliphatic carbocycles. The summed E-state index contributed by atoms with van der Waals surface area (Å²) in [7, 11) is 1.60. The number of anilines is 1. The van der Waals surface area contributed by atoms with Gasteiger partial charge in [-0.05, 0) is 24.3 Å². The largest absolute Gasteiger partial charge is 0.497 e. The molecule has 1 aliphatic rings. The van der Waals surface area contributed by atoms with Crippen molar-refractivity contribution >= 4 is 17.4 Å². The number of benzene rings is 1. The van der Waals surface area contributed by atoms with Crippen LogP contribution in [0.25, 0.3) is 0 Å². The van der Waals surface area contributed by atoms with Crippen LogP contribution in [0, 0.1) is 10.8 Å². The number of rotatable bonds is 2. The fraction of sp³-hybridized carbons (Fsp3) is 0.0909. The summed E-state index contributed by atoms with van der Waals surface area (Å²) >= 11 is 0. The Morgan fingerprint density at radius 1 is 1.13 bits per heavy atom. The average molecular weight is 201 g/mol. The summed E-state index contributed by atoms with van der Waals surface area (Å²) in [6, 6.07) is 7.32. The lowest BCUT2D eigenvalue weighted by Gasteiger charge is -2.18. The van der Waals surface area contributed by atoms with Crippen molar-refractivity contribution in [2.24, 2.45) is 0 Å². The molecule has 76 valence electrons. The standard InChI is InChI=1S/C11H11N3O/c1-15-9-4-2-3-8(7-9)14-10(12)5-6-11(14)13/h2-7,12-13H,1H3. The maximum atomic E-state index is 7.66. The minimum Gasteiger partial charge on any atom is -0.497 e. The number of ether oxygens (including phenoxy) is 1. The van der Waals surface area contributed by atoms with Gasteiger partial charge in [-0.1, -0.05) is 6.07 Å². The molecule has 0 spiro atoms. The van der Waals surface area contributed by atoms with E-state index in [4.69, 9.17) is 15.6 Å². The van der Waals surface area contributed by atoms with Crippen LogP contribution in [0.2, 0.25) is 0 Å². The van der Waals surface area contributed by atoms with Gasteiger partial charge in [-0.3, -0.25) is 15.7 Å². The smallest absolute Gasteiger partial charge is 0.131 e. The Morgan fingerprint density at radius 2 is 1.80 bits per heavy atom. The minimum atomic E-state index is 0.299. The van der Waals surface area contributed by atoms with Crippen LogP contribution >= 0.6 is 0 Å². The fourth-order valence-corrected chi connectivity index (χ4v) is 1.46. The molecule has 15 heavy (non-hydrogen) atoms. The molecule has 0 aromatic heterocycles. The van der Waals surface area contributed by atoms with E-state index in [0.29, 0.717) is 11.7 Å². The van der Waals surface area contributed by atoms with Crippen LogP contribution in [0.1, 0.15) is 0 Å². The normalized spacial score (nSPS) is 14.9. The summed E-state index contributed by atoms with van der Waals surface area (Å²) in [5.74, 6) is 1.32. The van der Waals surface area contributed by atoms with Gasteiger partial charge in [-0.2, -0.15) is 0 Å². The highest BCUT2D eigenvalue weighted by atomic mass is 16.5. The van der Waals surface area contributed by atoms with Gasteiger partial charge in [-0.25, -0.2) is 0 Å². The average Bonchev–Trinajstić information content (AvgIpc) is 2.59. The van der Waals surface area contributed by atoms with E-state index >= 15 is 0 Å². The Balaban J connectivity index is 2.37. The first-order valence-electron chi connectivity index (χ1n) is 4.52. The van der Waals surface area contributed by atoms with Crippen molar-refractivity contribution < 1.29 is 4.74 Å². The molecule has 1 aromatic carbocycles. The van der Waals surface area contributed by atoms with Gasteiger partial charge in [0.1, 0.15) is 17.4 Å². The highest BCUT2D eigenvalue weighted by Gasteiger charge is 2.19. The van der Waals surface area contributed by atoms with E-state index in [0.717, 1.165) is 11.4 Å². The third kappa shape index (κ3) is 1.61. The highest BCUT2D eigenvalue weighted by molar-refractivity contribution is 6.30. The number of hydrogen-bond donors (Lipinski definition) is 2. The van der Waals surface area contributed by atoms with Gasteiger partial charge in [0.2, 0.25) is 0 Å². The van der Waals surface area contributed by atoms with E-state index in [-0.39, 0.29) is 0 Å². The van der Waals surface area contributed by atoms with Crippen molar-refractivity contribution in [3.05, 3.63) is 36.4 Å². The van der Waals surface area contributed by atoms with E-state index in [1.807, 2.05) is 18.2 Å². The molecular weight excluding hydrogens is 190 g/mol. The molecule has 4 heteroatoms. The van der Waals surface area contributed by atoms with E-state index in [1.54, 1.807) is 30.2 Å². The Labute approximate surface area is 87.8 Å². The quantitative estimate of drug-likeness (QED) is 0.769. The second kappa shape index (κ2) is 3.57. The first kappa shape index (κ1) is 9.45. The lowest BCUT2D eigenvalue weighted by atomic mass is 10.2. The third-order valence-electron chi connectivity index (χ3n) is 2.19. The van der Waals surface area contributed by atoms with Gasteiger partial charge in [0.25, 0.3) is 0 Å². The number of nitrogens with one attached hydrogen (secondary N) is 2. The molecule has 0 atom stereocenters. The van der Waals surface area contributed by atoms with Gasteiger partial charge < -0.3 is 4.74 Å². The summed E-state index contributed by atoms with van der Waals surface area (Å²) in [6.45, 7) is 0. The van der Waals surface area contributed by atoms with Crippen LogP contribution in [0.4, 0.5) is 5.69 Å². The van der Waals surface area contributed by atoms with E-state index in [2.05, 4.69) is 0 Å². The molecule has 0 unspecified atom stereocenters. The molecule has 0 fully saturated rings. The summed E-state index contributed by atoms with van der Waals surface area (Å²) in [5, 5.41) is 15.3. The zero-order valence-electron chi connectivity index (χ0n) is 8.32. The summed E-state index contributed by atoms with van der Waals surface area (Å²) in [6.07, 6.45) is 3.20. The number of nitrogens with zero attached hydrogens (tertiary/aromatic N) is 1. The molecule has 2 N–H and O–H groups in total. The molecular formula is C11H11N3O. The van der Waals surface area contributed by atoms with E-state index in [9.17, 15) is 0 Å². The van der Waals surface area contributed by atoms with Gasteiger partial charge >= 0.3 is 0 Å². The van der Waals surface area contributed by atoms with Gasteiger partial charge in [0.05, 0.1) is 12.8 Å². The van der Waals surface area contributed by atoms with Crippen LogP contribution < -0.4 is 9.64 Å². The number of methoxy groups -OCH3 is 1. The minimum absolute atomic E-state index is 0.299. The van der Waals surface area contributed by atoms with Crippen molar-refractivity contribution in [3.8, 4) is 5.75 Å². The number of amidine groups is 2. The molecule has 0 saturated heterocycles. The van der Waals surface area contributed by atoms with Crippen molar-refractivity contribution in [2.45, 2.75) is 0 Å². The first-order chi connectivity index (χ1) is 7.22. The predicted octanol–water partition coefficient (Wildman–Crippen LogP) is 2.03. The highest BCUT2D eigenvalue weighted by Crippen LogP contribution is 2.23. The van der Waals surface area contributed by atoms with Crippen LogP contribution in [-0.2, 0) is 0 Å². The van der Waals surface area contributed by atoms with Crippen molar-refractivity contribution in [3.63, 3.8) is 0 Å². The Hall–Kier alpha value is -2.10. The Bertz CT molecular complexity index is 433.